The number of halogens is 1. The number of hydrogen-bond donors (Lipinski definition) is 1. The minimum atomic E-state index is -0.239. The van der Waals surface area contributed by atoms with Gasteiger partial charge in [0.15, 0.2) is 0 Å². The molecule has 1 N–H and O–H groups in total. The summed E-state index contributed by atoms with van der Waals surface area (Å²) in [6.45, 7) is 3.51. The highest BCUT2D eigenvalue weighted by Gasteiger charge is 2.23. The van der Waals surface area contributed by atoms with Gasteiger partial charge < -0.3 is 9.80 Å². The number of nitrogens with zero attached hydrogens (tertiary/aromatic N) is 5. The fraction of sp³-hybridized carbons (Fsp3) is 0.471. The molecule has 8 heteroatoms. The summed E-state index contributed by atoms with van der Waals surface area (Å²) in [5, 5.41) is 7.16. The van der Waals surface area contributed by atoms with E-state index < -0.39 is 0 Å². The van der Waals surface area contributed by atoms with Crippen molar-refractivity contribution in [3.05, 3.63) is 35.9 Å². The van der Waals surface area contributed by atoms with Crippen molar-refractivity contribution in [2.75, 3.05) is 36.4 Å². The monoisotopic (exact) mass is 344 g/mol. The highest BCUT2D eigenvalue weighted by molar-refractivity contribution is 5.87. The van der Waals surface area contributed by atoms with Crippen LogP contribution in [0.5, 0.6) is 0 Å². The predicted octanol–water partition coefficient (Wildman–Crippen LogP) is 2.11. The Bertz CT molecular complexity index is 727. The zero-order chi connectivity index (χ0) is 17.2. The van der Waals surface area contributed by atoms with Crippen molar-refractivity contribution in [3.63, 3.8) is 0 Å². The van der Waals surface area contributed by atoms with Gasteiger partial charge in [0.1, 0.15) is 11.6 Å². The number of anilines is 2. The molecule has 0 bridgehead atoms. The summed E-state index contributed by atoms with van der Waals surface area (Å²) in [6.07, 6.45) is 3.14. The molecule has 3 heterocycles. The number of amides is 2. The number of urea groups is 1. The van der Waals surface area contributed by atoms with Crippen LogP contribution in [0, 0.1) is 5.82 Å². The van der Waals surface area contributed by atoms with Gasteiger partial charge >= 0.3 is 6.03 Å². The minimum absolute atomic E-state index is 0.165. The van der Waals surface area contributed by atoms with Crippen LogP contribution in [0.1, 0.15) is 18.7 Å². The van der Waals surface area contributed by atoms with Crippen molar-refractivity contribution in [2.45, 2.75) is 25.8 Å². The fourth-order valence-electron chi connectivity index (χ4n) is 3.33. The summed E-state index contributed by atoms with van der Waals surface area (Å²) in [5.41, 5.74) is 0.977. The Balaban J connectivity index is 1.33. The highest BCUT2D eigenvalue weighted by atomic mass is 19.1. The van der Waals surface area contributed by atoms with Crippen LogP contribution in [0.4, 0.5) is 20.8 Å². The predicted molar refractivity (Wildman–Crippen MR) is 92.2 cm³/mol. The van der Waals surface area contributed by atoms with E-state index >= 15 is 0 Å². The number of rotatable bonds is 2. The van der Waals surface area contributed by atoms with E-state index in [9.17, 15) is 9.18 Å². The fourth-order valence-corrected chi connectivity index (χ4v) is 3.33. The standard InChI is InChI=1S/C17H21FN6O/c18-13-4-6-14(7-5-13)22-9-11-23(12-10-22)17(25)20-16-19-15-3-1-2-8-24(15)21-16/h4-7H,1-3,8-12H2,(H,20,21,25). The van der Waals surface area contributed by atoms with E-state index in [1.807, 2.05) is 4.68 Å². The molecule has 1 saturated heterocycles. The van der Waals surface area contributed by atoms with Crippen molar-refractivity contribution >= 4 is 17.7 Å². The number of hydrogen-bond acceptors (Lipinski definition) is 4. The summed E-state index contributed by atoms with van der Waals surface area (Å²) in [7, 11) is 0. The summed E-state index contributed by atoms with van der Waals surface area (Å²) >= 11 is 0. The third-order valence-corrected chi connectivity index (χ3v) is 4.75. The quantitative estimate of drug-likeness (QED) is 0.906. The van der Waals surface area contributed by atoms with Gasteiger partial charge in [-0.25, -0.2) is 13.9 Å². The van der Waals surface area contributed by atoms with Crippen LogP contribution < -0.4 is 10.2 Å². The summed E-state index contributed by atoms with van der Waals surface area (Å²) < 4.78 is 14.9. The van der Waals surface area contributed by atoms with E-state index in [2.05, 4.69) is 20.3 Å². The van der Waals surface area contributed by atoms with Crippen molar-refractivity contribution in [1.29, 1.82) is 0 Å². The largest absolute Gasteiger partial charge is 0.368 e. The third-order valence-electron chi connectivity index (χ3n) is 4.75. The van der Waals surface area contributed by atoms with Crippen molar-refractivity contribution in [1.82, 2.24) is 19.7 Å². The van der Waals surface area contributed by atoms with Gasteiger partial charge in [-0.15, -0.1) is 5.10 Å². The van der Waals surface area contributed by atoms with E-state index in [0.29, 0.717) is 32.1 Å². The average molecular weight is 344 g/mol. The van der Waals surface area contributed by atoms with Gasteiger partial charge in [0, 0.05) is 44.8 Å². The molecule has 2 aliphatic rings. The molecule has 2 aliphatic heterocycles. The molecule has 0 saturated carbocycles. The Morgan fingerprint density at radius 1 is 1.04 bits per heavy atom. The molecule has 0 spiro atoms. The van der Waals surface area contributed by atoms with E-state index in [1.54, 1.807) is 17.0 Å². The number of benzene rings is 1. The number of aromatic nitrogens is 3. The first-order chi connectivity index (χ1) is 12.2. The van der Waals surface area contributed by atoms with Gasteiger partial charge in [0.2, 0.25) is 5.95 Å². The average Bonchev–Trinajstić information content (AvgIpc) is 3.05. The van der Waals surface area contributed by atoms with Gasteiger partial charge in [-0.1, -0.05) is 0 Å². The molecular formula is C17H21FN6O. The Morgan fingerprint density at radius 2 is 1.80 bits per heavy atom. The summed E-state index contributed by atoms with van der Waals surface area (Å²) in [5.74, 6) is 1.10. The van der Waals surface area contributed by atoms with Gasteiger partial charge in [-0.05, 0) is 37.1 Å². The molecule has 2 amide bonds. The Hall–Kier alpha value is -2.64. The first-order valence-corrected chi connectivity index (χ1v) is 8.69. The molecule has 1 fully saturated rings. The smallest absolute Gasteiger partial charge is 0.324 e. The summed E-state index contributed by atoms with van der Waals surface area (Å²) in [6, 6.07) is 6.29. The van der Waals surface area contributed by atoms with Crippen molar-refractivity contribution in [2.24, 2.45) is 0 Å². The van der Waals surface area contributed by atoms with Gasteiger partial charge in [-0.3, -0.25) is 5.32 Å². The molecule has 0 aliphatic carbocycles. The van der Waals surface area contributed by atoms with Crippen LogP contribution in [-0.4, -0.2) is 51.9 Å². The van der Waals surface area contributed by atoms with E-state index in [0.717, 1.165) is 37.3 Å². The molecule has 2 aromatic rings. The molecule has 25 heavy (non-hydrogen) atoms. The first kappa shape index (κ1) is 15.9. The lowest BCUT2D eigenvalue weighted by Gasteiger charge is -2.35. The topological polar surface area (TPSA) is 66.3 Å². The molecule has 0 unspecified atom stereocenters. The van der Waals surface area contributed by atoms with Crippen LogP contribution in [0.2, 0.25) is 0 Å². The van der Waals surface area contributed by atoms with Crippen LogP contribution in [0.15, 0.2) is 24.3 Å². The third kappa shape index (κ3) is 3.42. The number of carbonyl (C=O) groups is 1. The lowest BCUT2D eigenvalue weighted by Crippen LogP contribution is -2.50. The molecule has 0 radical (unpaired) electrons. The van der Waals surface area contributed by atoms with Gasteiger partial charge in [-0.2, -0.15) is 4.98 Å². The summed E-state index contributed by atoms with van der Waals surface area (Å²) in [4.78, 5) is 20.7. The molecular weight excluding hydrogens is 323 g/mol. The molecule has 4 rings (SSSR count). The Kier molecular flexibility index (Phi) is 4.25. The zero-order valence-corrected chi connectivity index (χ0v) is 14.0. The Labute approximate surface area is 145 Å². The van der Waals surface area contributed by atoms with Gasteiger partial charge in [0.25, 0.3) is 0 Å². The number of aryl methyl sites for hydroxylation is 2. The van der Waals surface area contributed by atoms with Crippen molar-refractivity contribution < 1.29 is 9.18 Å². The molecule has 1 aromatic heterocycles. The van der Waals surface area contributed by atoms with E-state index in [4.69, 9.17) is 0 Å². The number of carbonyl (C=O) groups excluding carboxylic acids is 1. The highest BCUT2D eigenvalue weighted by Crippen LogP contribution is 2.18. The molecule has 132 valence electrons. The normalized spacial score (nSPS) is 17.3. The SMILES string of the molecule is O=C(Nc1nc2n(n1)CCCC2)N1CCN(c2ccc(F)cc2)CC1. The minimum Gasteiger partial charge on any atom is -0.368 e. The second-order valence-electron chi connectivity index (χ2n) is 6.41. The van der Waals surface area contributed by atoms with Crippen LogP contribution >= 0.6 is 0 Å². The lowest BCUT2D eigenvalue weighted by molar-refractivity contribution is 0.208. The number of piperazine rings is 1. The van der Waals surface area contributed by atoms with Gasteiger partial charge in [0.05, 0.1) is 0 Å². The maximum absolute atomic E-state index is 13.0. The second kappa shape index (κ2) is 6.70. The van der Waals surface area contributed by atoms with E-state index in [-0.39, 0.29) is 11.8 Å². The molecule has 7 nitrogen and oxygen atoms in total. The van der Waals surface area contributed by atoms with Crippen LogP contribution in [0.25, 0.3) is 0 Å². The van der Waals surface area contributed by atoms with E-state index in [1.165, 1.54) is 12.1 Å². The number of nitrogens with one attached hydrogen (secondary N) is 1. The second-order valence-corrected chi connectivity index (χ2v) is 6.41. The molecule has 0 atom stereocenters. The zero-order valence-electron chi connectivity index (χ0n) is 14.0. The van der Waals surface area contributed by atoms with Crippen molar-refractivity contribution in [3.8, 4) is 0 Å². The first-order valence-electron chi connectivity index (χ1n) is 8.69. The van der Waals surface area contributed by atoms with Crippen LogP contribution in [-0.2, 0) is 13.0 Å². The van der Waals surface area contributed by atoms with Crippen LogP contribution in [0.3, 0.4) is 0 Å². The number of fused-ring (bicyclic) bond motifs is 1. The Morgan fingerprint density at radius 3 is 2.52 bits per heavy atom. The maximum atomic E-state index is 13.0. The molecule has 1 aromatic carbocycles. The maximum Gasteiger partial charge on any atom is 0.324 e. The lowest BCUT2D eigenvalue weighted by atomic mass is 10.2.